The number of nitrogens with zero attached hydrogens (tertiary/aromatic N) is 1. The summed E-state index contributed by atoms with van der Waals surface area (Å²) in [5.41, 5.74) is 1.27. The number of hydrogen-bond donors (Lipinski definition) is 2. The van der Waals surface area contributed by atoms with Gasteiger partial charge in [-0.3, -0.25) is 9.52 Å². The van der Waals surface area contributed by atoms with Crippen LogP contribution in [-0.2, 0) is 19.6 Å². The Labute approximate surface area is 161 Å². The third-order valence-electron chi connectivity index (χ3n) is 4.27. The van der Waals surface area contributed by atoms with E-state index in [1.165, 1.54) is 0 Å². The summed E-state index contributed by atoms with van der Waals surface area (Å²) in [5.74, 6) is 0.239. The molecule has 152 valence electrons. The van der Waals surface area contributed by atoms with Crippen molar-refractivity contribution in [1.82, 2.24) is 4.90 Å². The van der Waals surface area contributed by atoms with Crippen molar-refractivity contribution in [3.05, 3.63) is 29.8 Å². The molecule has 7 nitrogen and oxygen atoms in total. The highest BCUT2D eigenvalue weighted by atomic mass is 32.2. The summed E-state index contributed by atoms with van der Waals surface area (Å²) in [6.07, 6.45) is -0.451. The van der Waals surface area contributed by atoms with Crippen LogP contribution in [-0.4, -0.2) is 55.9 Å². The Morgan fingerprint density at radius 3 is 2.33 bits per heavy atom. The number of rotatable bonds is 8. The lowest BCUT2D eigenvalue weighted by atomic mass is 9.98. The van der Waals surface area contributed by atoms with Crippen LogP contribution in [0.1, 0.15) is 39.4 Å². The Hall–Kier alpha value is -1.64. The van der Waals surface area contributed by atoms with Crippen LogP contribution < -0.4 is 4.72 Å². The molecule has 0 aromatic heterocycles. The van der Waals surface area contributed by atoms with Crippen LogP contribution in [0.25, 0.3) is 0 Å². The molecule has 0 saturated carbocycles. The number of aliphatic hydroxyl groups excluding tert-OH is 1. The van der Waals surface area contributed by atoms with Crippen LogP contribution in [0.5, 0.6) is 0 Å². The highest BCUT2D eigenvalue weighted by Gasteiger charge is 2.37. The first-order valence-corrected chi connectivity index (χ1v) is 10.9. The van der Waals surface area contributed by atoms with Crippen molar-refractivity contribution in [2.45, 2.75) is 39.8 Å². The highest BCUT2D eigenvalue weighted by Crippen LogP contribution is 2.30. The number of amides is 1. The van der Waals surface area contributed by atoms with Gasteiger partial charge in [0.05, 0.1) is 18.4 Å². The van der Waals surface area contributed by atoms with E-state index < -0.39 is 22.2 Å². The van der Waals surface area contributed by atoms with Crippen LogP contribution in [0.15, 0.2) is 24.3 Å². The average Bonchev–Trinajstić information content (AvgIpc) is 2.55. The number of hydrogen-bond acceptors (Lipinski definition) is 5. The van der Waals surface area contributed by atoms with E-state index in [1.54, 1.807) is 29.2 Å². The van der Waals surface area contributed by atoms with Gasteiger partial charge in [0.1, 0.15) is 12.7 Å². The summed E-state index contributed by atoms with van der Waals surface area (Å²) in [6.45, 7) is 8.05. The average molecular weight is 399 g/mol. The fraction of sp³-hybridized carbons (Fsp3) is 0.632. The van der Waals surface area contributed by atoms with E-state index in [9.17, 15) is 18.3 Å². The molecule has 2 rings (SSSR count). The van der Waals surface area contributed by atoms with Gasteiger partial charge in [0.15, 0.2) is 0 Å². The molecule has 1 amide bonds. The number of carbonyl (C=O) groups is 1. The SMILES string of the molecule is CC(C)CN1C(=O)CO[C@H](c2ccc(NS(=O)(=O)CC(C)C)cc2)[C@H]1CO. The van der Waals surface area contributed by atoms with Crippen LogP contribution in [0.2, 0.25) is 0 Å². The monoisotopic (exact) mass is 398 g/mol. The number of benzene rings is 1. The topological polar surface area (TPSA) is 95.9 Å². The minimum Gasteiger partial charge on any atom is -0.394 e. The van der Waals surface area contributed by atoms with Crippen LogP contribution in [0, 0.1) is 11.8 Å². The summed E-state index contributed by atoms with van der Waals surface area (Å²) in [7, 11) is -3.39. The van der Waals surface area contributed by atoms with Crippen molar-refractivity contribution in [3.63, 3.8) is 0 Å². The molecule has 2 atom stereocenters. The number of ether oxygens (including phenoxy) is 1. The van der Waals surface area contributed by atoms with Crippen molar-refractivity contribution in [2.75, 3.05) is 30.2 Å². The zero-order chi connectivity index (χ0) is 20.2. The molecule has 1 fully saturated rings. The first-order valence-electron chi connectivity index (χ1n) is 9.25. The third-order valence-corrected chi connectivity index (χ3v) is 5.92. The van der Waals surface area contributed by atoms with Gasteiger partial charge >= 0.3 is 0 Å². The van der Waals surface area contributed by atoms with Crippen molar-refractivity contribution in [1.29, 1.82) is 0 Å². The van der Waals surface area contributed by atoms with E-state index in [1.807, 2.05) is 27.7 Å². The Bertz CT molecular complexity index is 731. The van der Waals surface area contributed by atoms with Crippen LogP contribution >= 0.6 is 0 Å². The van der Waals surface area contributed by atoms with E-state index in [0.29, 0.717) is 12.2 Å². The van der Waals surface area contributed by atoms with Gasteiger partial charge < -0.3 is 14.7 Å². The third kappa shape index (κ3) is 5.92. The Morgan fingerprint density at radius 2 is 1.81 bits per heavy atom. The van der Waals surface area contributed by atoms with Gasteiger partial charge in [-0.2, -0.15) is 0 Å². The summed E-state index contributed by atoms with van der Waals surface area (Å²) in [6, 6.07) is 6.42. The molecule has 1 heterocycles. The first kappa shape index (κ1) is 21.7. The minimum absolute atomic E-state index is 0.0311. The molecule has 8 heteroatoms. The quantitative estimate of drug-likeness (QED) is 0.698. The summed E-state index contributed by atoms with van der Waals surface area (Å²) < 4.78 is 32.4. The van der Waals surface area contributed by atoms with Crippen LogP contribution in [0.3, 0.4) is 0 Å². The highest BCUT2D eigenvalue weighted by molar-refractivity contribution is 7.92. The second kappa shape index (κ2) is 9.03. The van der Waals surface area contributed by atoms with Gasteiger partial charge in [0, 0.05) is 12.2 Å². The summed E-state index contributed by atoms with van der Waals surface area (Å²) in [5, 5.41) is 9.85. The number of anilines is 1. The second-order valence-electron chi connectivity index (χ2n) is 7.82. The van der Waals surface area contributed by atoms with Gasteiger partial charge in [-0.15, -0.1) is 0 Å². The van der Waals surface area contributed by atoms with Gasteiger partial charge in [-0.25, -0.2) is 8.42 Å². The Kier molecular flexibility index (Phi) is 7.25. The van der Waals surface area contributed by atoms with Crippen molar-refractivity contribution in [3.8, 4) is 0 Å². The maximum atomic E-state index is 12.2. The summed E-state index contributed by atoms with van der Waals surface area (Å²) in [4.78, 5) is 13.9. The normalized spacial score (nSPS) is 21.1. The maximum Gasteiger partial charge on any atom is 0.249 e. The molecule has 1 aromatic carbocycles. The number of aliphatic hydroxyl groups is 1. The van der Waals surface area contributed by atoms with Gasteiger partial charge in [-0.05, 0) is 29.5 Å². The lowest BCUT2D eigenvalue weighted by Crippen LogP contribution is -2.53. The number of carbonyl (C=O) groups excluding carboxylic acids is 1. The molecule has 1 aromatic rings. The fourth-order valence-electron chi connectivity index (χ4n) is 3.25. The molecule has 2 N–H and O–H groups in total. The zero-order valence-corrected chi connectivity index (χ0v) is 17.2. The molecule has 0 spiro atoms. The standard InChI is InChI=1S/C19H30N2O5S/c1-13(2)9-21-17(10-22)19(26-11-18(21)23)15-5-7-16(8-6-15)20-27(24,25)12-14(3)4/h5-8,13-14,17,19-20,22H,9-12H2,1-4H3/t17-,19-/m1/s1. The molecule has 0 bridgehead atoms. The Balaban J connectivity index is 2.16. The van der Waals surface area contributed by atoms with Gasteiger partial charge in [0.25, 0.3) is 0 Å². The van der Waals surface area contributed by atoms with Gasteiger partial charge in [0.2, 0.25) is 15.9 Å². The molecule has 0 aliphatic carbocycles. The number of morpholine rings is 1. The second-order valence-corrected chi connectivity index (χ2v) is 9.59. The fourth-order valence-corrected chi connectivity index (χ4v) is 4.70. The first-order chi connectivity index (χ1) is 12.6. The predicted octanol–water partition coefficient (Wildman–Crippen LogP) is 2.00. The van der Waals surface area contributed by atoms with Crippen molar-refractivity contribution in [2.24, 2.45) is 11.8 Å². The molecule has 1 aliphatic rings. The number of sulfonamides is 1. The van der Waals surface area contributed by atoms with E-state index in [0.717, 1.165) is 5.56 Å². The molecule has 1 aliphatic heterocycles. The summed E-state index contributed by atoms with van der Waals surface area (Å²) >= 11 is 0. The number of nitrogens with one attached hydrogen (secondary N) is 1. The van der Waals surface area contributed by atoms with Crippen LogP contribution in [0.4, 0.5) is 5.69 Å². The molecular weight excluding hydrogens is 368 g/mol. The van der Waals surface area contributed by atoms with Gasteiger partial charge in [-0.1, -0.05) is 39.8 Å². The zero-order valence-electron chi connectivity index (χ0n) is 16.4. The minimum atomic E-state index is -3.39. The van der Waals surface area contributed by atoms with Crippen molar-refractivity contribution < 1.29 is 23.1 Å². The van der Waals surface area contributed by atoms with E-state index in [4.69, 9.17) is 4.74 Å². The smallest absolute Gasteiger partial charge is 0.249 e. The molecule has 27 heavy (non-hydrogen) atoms. The van der Waals surface area contributed by atoms with Crippen molar-refractivity contribution >= 4 is 21.6 Å². The molecule has 0 unspecified atom stereocenters. The molecule has 0 radical (unpaired) electrons. The lowest BCUT2D eigenvalue weighted by molar-refractivity contribution is -0.161. The Morgan fingerprint density at radius 1 is 1.19 bits per heavy atom. The molecule has 1 saturated heterocycles. The van der Waals surface area contributed by atoms with E-state index >= 15 is 0 Å². The van der Waals surface area contributed by atoms with E-state index in [2.05, 4.69) is 4.72 Å². The largest absolute Gasteiger partial charge is 0.394 e. The lowest BCUT2D eigenvalue weighted by Gasteiger charge is -2.41. The predicted molar refractivity (Wildman–Crippen MR) is 105 cm³/mol. The van der Waals surface area contributed by atoms with E-state index in [-0.39, 0.29) is 36.7 Å². The molecular formula is C19H30N2O5S. The maximum absolute atomic E-state index is 12.2.